The van der Waals surface area contributed by atoms with Gasteiger partial charge in [0, 0.05) is 39.9 Å². The Labute approximate surface area is 103 Å². The van der Waals surface area contributed by atoms with E-state index in [1.54, 1.807) is 12.1 Å². The van der Waals surface area contributed by atoms with Crippen molar-refractivity contribution in [2.24, 2.45) is 0 Å². The first-order chi connectivity index (χ1) is 5.00. The Kier molecular flexibility index (Phi) is 5.08. The molecule has 0 aliphatic heterocycles. The summed E-state index contributed by atoms with van der Waals surface area (Å²) in [6.07, 6.45) is 0. The van der Waals surface area contributed by atoms with Crippen molar-refractivity contribution in [1.29, 1.82) is 0 Å². The van der Waals surface area contributed by atoms with E-state index in [1.807, 2.05) is 6.92 Å². The predicted octanol–water partition coefficient (Wildman–Crippen LogP) is 0.798. The summed E-state index contributed by atoms with van der Waals surface area (Å²) >= 11 is 0. The molecule has 1 aromatic carbocycles. The van der Waals surface area contributed by atoms with Crippen LogP contribution in [0.4, 0.5) is 0 Å². The standard InChI is InChI=1S/C7H9O3P.Th/c1-6-2-4-7(5-3-6)11(8,9)10;/h2-5H,1H3,(H2,8,9,10);. The second kappa shape index (κ2) is 4.80. The maximum absolute atomic E-state index is 10.6. The zero-order chi connectivity index (χ0) is 8.48. The van der Waals surface area contributed by atoms with Crippen LogP contribution in [-0.2, 0) is 4.57 Å². The minimum Gasteiger partial charge on any atom is -0.321 e. The van der Waals surface area contributed by atoms with Gasteiger partial charge in [0.1, 0.15) is 0 Å². The van der Waals surface area contributed by atoms with E-state index in [9.17, 15) is 4.57 Å². The summed E-state index contributed by atoms with van der Waals surface area (Å²) in [5.41, 5.74) is 0.988. The molecule has 0 spiro atoms. The molecule has 64 valence electrons. The number of hydrogen-bond donors (Lipinski definition) is 2. The minimum absolute atomic E-state index is 0. The van der Waals surface area contributed by atoms with Crippen molar-refractivity contribution in [2.75, 3.05) is 0 Å². The zero-order valence-corrected chi connectivity index (χ0v) is 11.6. The van der Waals surface area contributed by atoms with Gasteiger partial charge >= 0.3 is 7.60 Å². The second-order valence-corrected chi connectivity index (χ2v) is 3.98. The summed E-state index contributed by atoms with van der Waals surface area (Å²) in [6.45, 7) is 1.86. The fourth-order valence-corrected chi connectivity index (χ4v) is 1.28. The van der Waals surface area contributed by atoms with Crippen molar-refractivity contribution in [3.05, 3.63) is 29.8 Å². The Morgan fingerprint density at radius 1 is 1.17 bits per heavy atom. The molecule has 0 atom stereocenters. The number of rotatable bonds is 1. The van der Waals surface area contributed by atoms with Crippen LogP contribution in [0.25, 0.3) is 0 Å². The molecule has 0 fully saturated rings. The van der Waals surface area contributed by atoms with Gasteiger partial charge in [0.2, 0.25) is 0 Å². The van der Waals surface area contributed by atoms with Crippen LogP contribution in [0.3, 0.4) is 0 Å². The smallest absolute Gasteiger partial charge is 0.321 e. The van der Waals surface area contributed by atoms with Crippen LogP contribution >= 0.6 is 7.60 Å². The van der Waals surface area contributed by atoms with Crippen molar-refractivity contribution in [3.8, 4) is 0 Å². The van der Waals surface area contributed by atoms with Gasteiger partial charge in [-0.15, -0.1) is 0 Å². The van der Waals surface area contributed by atoms with Gasteiger partial charge in [-0.1, -0.05) is 17.7 Å². The molecular formula is C7H9O3PTh. The van der Waals surface area contributed by atoms with Crippen LogP contribution in [0.1, 0.15) is 5.56 Å². The molecular weight excluding hydrogens is 395 g/mol. The van der Waals surface area contributed by atoms with Crippen molar-refractivity contribution < 1.29 is 54.3 Å². The van der Waals surface area contributed by atoms with Crippen LogP contribution in [0.2, 0.25) is 0 Å². The first kappa shape index (κ1) is 12.7. The van der Waals surface area contributed by atoms with Gasteiger partial charge in [-0.25, -0.2) is 0 Å². The molecule has 1 aromatic rings. The number of hydrogen-bond acceptors (Lipinski definition) is 1. The van der Waals surface area contributed by atoms with E-state index in [0.717, 1.165) is 5.56 Å². The molecule has 0 aromatic heterocycles. The maximum Gasteiger partial charge on any atom is 0.356 e. The Morgan fingerprint density at radius 3 is 1.92 bits per heavy atom. The first-order valence-electron chi connectivity index (χ1n) is 3.13. The van der Waals surface area contributed by atoms with Crippen LogP contribution in [0.5, 0.6) is 0 Å². The van der Waals surface area contributed by atoms with Gasteiger partial charge in [-0.2, -0.15) is 0 Å². The summed E-state index contributed by atoms with van der Waals surface area (Å²) in [5, 5.41) is 0.0723. The van der Waals surface area contributed by atoms with Gasteiger partial charge in [0.25, 0.3) is 0 Å². The summed E-state index contributed by atoms with van der Waals surface area (Å²) in [6, 6.07) is 6.23. The molecule has 0 amide bonds. The molecule has 0 aliphatic rings. The Hall–Kier alpha value is 0.695. The van der Waals surface area contributed by atoms with Crippen molar-refractivity contribution >= 4 is 12.9 Å². The molecule has 12 heavy (non-hydrogen) atoms. The van der Waals surface area contributed by atoms with E-state index in [1.165, 1.54) is 12.1 Å². The molecule has 0 unspecified atom stereocenters. The molecule has 5 heteroatoms. The van der Waals surface area contributed by atoms with E-state index < -0.39 is 7.60 Å². The molecule has 0 saturated carbocycles. The molecule has 2 N–H and O–H groups in total. The predicted molar refractivity (Wildman–Crippen MR) is 42.9 cm³/mol. The molecule has 0 radical (unpaired) electrons. The molecule has 0 bridgehead atoms. The van der Waals surface area contributed by atoms with E-state index >= 15 is 0 Å². The van der Waals surface area contributed by atoms with E-state index in [-0.39, 0.29) is 45.2 Å². The van der Waals surface area contributed by atoms with Crippen molar-refractivity contribution in [2.45, 2.75) is 6.92 Å². The van der Waals surface area contributed by atoms with Gasteiger partial charge in [0.15, 0.2) is 0 Å². The number of aryl methyl sites for hydroxylation is 1. The summed E-state index contributed by atoms with van der Waals surface area (Å²) in [4.78, 5) is 17.4. The monoisotopic (exact) mass is 404 g/mol. The summed E-state index contributed by atoms with van der Waals surface area (Å²) in [7, 11) is -4.04. The fraction of sp³-hybridized carbons (Fsp3) is 0.143. The molecule has 3 nitrogen and oxygen atoms in total. The SMILES string of the molecule is Cc1ccc(P(=O)(O)O)cc1.[Th]. The zero-order valence-electron chi connectivity index (χ0n) is 6.56. The third kappa shape index (κ3) is 3.61. The largest absolute Gasteiger partial charge is 0.356 e. The van der Waals surface area contributed by atoms with Gasteiger partial charge in [-0.05, 0) is 19.1 Å². The van der Waals surface area contributed by atoms with E-state index in [2.05, 4.69) is 0 Å². The van der Waals surface area contributed by atoms with E-state index in [4.69, 9.17) is 9.79 Å². The second-order valence-electron chi connectivity index (χ2n) is 2.38. The van der Waals surface area contributed by atoms with E-state index in [0.29, 0.717) is 0 Å². The molecule has 0 heterocycles. The topological polar surface area (TPSA) is 57.5 Å². The Morgan fingerprint density at radius 2 is 1.58 bits per heavy atom. The first-order valence-corrected chi connectivity index (χ1v) is 4.74. The maximum atomic E-state index is 10.6. The van der Waals surface area contributed by atoms with Crippen LogP contribution in [0.15, 0.2) is 24.3 Å². The normalized spacial score (nSPS) is 10.6. The Bertz CT molecular complexity index is 290. The minimum atomic E-state index is -4.04. The van der Waals surface area contributed by atoms with Gasteiger partial charge in [-0.3, -0.25) is 4.57 Å². The fourth-order valence-electron chi connectivity index (χ4n) is 0.739. The molecule has 0 aliphatic carbocycles. The molecule has 0 saturated heterocycles. The van der Waals surface area contributed by atoms with Crippen LogP contribution < -0.4 is 5.30 Å². The van der Waals surface area contributed by atoms with Crippen LogP contribution in [0, 0.1) is 46.9 Å². The van der Waals surface area contributed by atoms with Crippen molar-refractivity contribution in [1.82, 2.24) is 0 Å². The summed E-state index contributed by atoms with van der Waals surface area (Å²) in [5.74, 6) is 0. The third-order valence-electron chi connectivity index (χ3n) is 1.37. The summed E-state index contributed by atoms with van der Waals surface area (Å²) < 4.78 is 10.6. The van der Waals surface area contributed by atoms with Crippen molar-refractivity contribution in [3.63, 3.8) is 0 Å². The van der Waals surface area contributed by atoms with Gasteiger partial charge in [0.05, 0.1) is 5.30 Å². The molecule has 1 rings (SSSR count). The van der Waals surface area contributed by atoms with Crippen LogP contribution in [-0.4, -0.2) is 9.79 Å². The van der Waals surface area contributed by atoms with Gasteiger partial charge < -0.3 is 9.79 Å². The quantitative estimate of drug-likeness (QED) is 0.682. The average Bonchev–Trinajstić information content (AvgIpc) is 1.86. The Balaban J connectivity index is 0.00000121. The number of benzene rings is 1. The third-order valence-corrected chi connectivity index (χ3v) is 2.34. The average molecular weight is 404 g/mol.